The molecule has 0 atom stereocenters. The van der Waals surface area contributed by atoms with Crippen molar-refractivity contribution < 1.29 is 14.7 Å². The number of carbonyl (C=O) groups is 2. The standard InChI is InChI=1S/C19H25N9O3S3/c1-10(29)26-28-14(22-25-19(28)33-9-15-23-24-18(32)27(15)20)8-12-11-4-2-3-5-13(11)34-17(12)21-7-6-16(30)31/h21H,2-9,20H2,1H3,(H,24,32)(H,26,29)(H,30,31). The highest BCUT2D eigenvalue weighted by Crippen LogP contribution is 2.39. The van der Waals surface area contributed by atoms with E-state index in [1.54, 1.807) is 16.0 Å². The fraction of sp³-hybridized carbons (Fsp3) is 0.474. The number of anilines is 1. The van der Waals surface area contributed by atoms with Gasteiger partial charge < -0.3 is 16.3 Å². The third-order valence-electron chi connectivity index (χ3n) is 5.32. The number of nitrogens with two attached hydrogens (primary N) is 1. The Morgan fingerprint density at radius 2 is 2.09 bits per heavy atom. The van der Waals surface area contributed by atoms with Crippen molar-refractivity contribution in [2.45, 2.75) is 56.4 Å². The molecule has 3 aromatic heterocycles. The van der Waals surface area contributed by atoms with Crippen LogP contribution in [0.15, 0.2) is 5.16 Å². The van der Waals surface area contributed by atoms with E-state index in [1.165, 1.54) is 33.8 Å². The minimum Gasteiger partial charge on any atom is -0.481 e. The summed E-state index contributed by atoms with van der Waals surface area (Å²) in [5.74, 6) is 6.26. The van der Waals surface area contributed by atoms with Gasteiger partial charge in [-0.05, 0) is 49.0 Å². The van der Waals surface area contributed by atoms with Gasteiger partial charge in [0.15, 0.2) is 11.6 Å². The first-order valence-corrected chi connectivity index (χ1v) is 12.9. The quantitative estimate of drug-likeness (QED) is 0.151. The van der Waals surface area contributed by atoms with Crippen molar-refractivity contribution in [1.29, 1.82) is 0 Å². The first-order chi connectivity index (χ1) is 16.3. The van der Waals surface area contributed by atoms with Crippen molar-refractivity contribution in [3.05, 3.63) is 32.4 Å². The number of H-pyrrole nitrogens is 1. The van der Waals surface area contributed by atoms with E-state index in [0.29, 0.717) is 40.3 Å². The summed E-state index contributed by atoms with van der Waals surface area (Å²) in [6.45, 7) is 1.77. The Balaban J connectivity index is 1.61. The number of aromatic amines is 1. The minimum atomic E-state index is -0.846. The van der Waals surface area contributed by atoms with Crippen LogP contribution in [0, 0.1) is 4.77 Å². The number of rotatable bonds is 10. The number of nitrogens with zero attached hydrogens (tertiary/aromatic N) is 5. The minimum absolute atomic E-state index is 0.0329. The monoisotopic (exact) mass is 523 g/mol. The van der Waals surface area contributed by atoms with Crippen molar-refractivity contribution in [3.8, 4) is 0 Å². The lowest BCUT2D eigenvalue weighted by Gasteiger charge is -2.14. The number of fused-ring (bicyclic) bond motifs is 1. The van der Waals surface area contributed by atoms with Crippen LogP contribution in [0.1, 0.15) is 53.8 Å². The van der Waals surface area contributed by atoms with E-state index < -0.39 is 5.97 Å². The molecule has 0 aromatic carbocycles. The molecule has 0 radical (unpaired) electrons. The van der Waals surface area contributed by atoms with E-state index in [9.17, 15) is 9.59 Å². The van der Waals surface area contributed by atoms with Gasteiger partial charge in [0, 0.05) is 24.8 Å². The van der Waals surface area contributed by atoms with E-state index in [-0.39, 0.29) is 12.3 Å². The lowest BCUT2D eigenvalue weighted by atomic mass is 9.94. The Morgan fingerprint density at radius 3 is 2.79 bits per heavy atom. The number of amides is 1. The van der Waals surface area contributed by atoms with Gasteiger partial charge in [-0.2, -0.15) is 5.10 Å². The van der Waals surface area contributed by atoms with Crippen LogP contribution in [0.4, 0.5) is 5.00 Å². The third-order valence-corrected chi connectivity index (χ3v) is 7.82. The Morgan fingerprint density at radius 1 is 1.29 bits per heavy atom. The number of carboxylic acid groups (broad SMARTS) is 1. The zero-order valence-corrected chi connectivity index (χ0v) is 20.9. The number of carbonyl (C=O) groups excluding carboxylic acids is 1. The summed E-state index contributed by atoms with van der Waals surface area (Å²) in [5, 5.41) is 29.1. The molecular formula is C19H25N9O3S3. The van der Waals surface area contributed by atoms with Crippen LogP contribution in [-0.2, 0) is 34.6 Å². The summed E-state index contributed by atoms with van der Waals surface area (Å²) in [4.78, 5) is 24.2. The summed E-state index contributed by atoms with van der Waals surface area (Å²) in [5.41, 5.74) is 5.18. The Kier molecular flexibility index (Phi) is 7.53. The Labute approximate surface area is 208 Å². The van der Waals surface area contributed by atoms with Gasteiger partial charge in [0.25, 0.3) is 0 Å². The van der Waals surface area contributed by atoms with E-state index in [0.717, 1.165) is 36.2 Å². The van der Waals surface area contributed by atoms with Crippen LogP contribution in [-0.4, -0.2) is 53.3 Å². The smallest absolute Gasteiger partial charge is 0.305 e. The summed E-state index contributed by atoms with van der Waals surface area (Å²) in [6.07, 6.45) is 4.72. The number of aliphatic carboxylic acids is 1. The van der Waals surface area contributed by atoms with Gasteiger partial charge in [0.2, 0.25) is 15.8 Å². The van der Waals surface area contributed by atoms with E-state index in [4.69, 9.17) is 23.2 Å². The van der Waals surface area contributed by atoms with Crippen molar-refractivity contribution in [1.82, 2.24) is 29.7 Å². The SMILES string of the molecule is CC(=O)Nn1c(Cc2c(NCCC(=O)O)sc3c2CCCC3)nnc1SCc1n[nH]c(=S)n1N. The molecular weight excluding hydrogens is 498 g/mol. The molecule has 0 saturated carbocycles. The summed E-state index contributed by atoms with van der Waals surface area (Å²) >= 11 is 8.04. The zero-order valence-electron chi connectivity index (χ0n) is 18.5. The predicted molar refractivity (Wildman–Crippen MR) is 132 cm³/mol. The largest absolute Gasteiger partial charge is 0.481 e. The molecule has 1 aliphatic carbocycles. The topological polar surface area (TPSA) is 169 Å². The first-order valence-electron chi connectivity index (χ1n) is 10.7. The van der Waals surface area contributed by atoms with Gasteiger partial charge in [0.05, 0.1) is 17.2 Å². The van der Waals surface area contributed by atoms with E-state index in [2.05, 4.69) is 31.1 Å². The number of nitrogens with one attached hydrogen (secondary N) is 3. The van der Waals surface area contributed by atoms with Crippen LogP contribution in [0.25, 0.3) is 0 Å². The van der Waals surface area contributed by atoms with Crippen LogP contribution in [0.5, 0.6) is 0 Å². The molecule has 1 aliphatic rings. The number of thiophene rings is 1. The van der Waals surface area contributed by atoms with Gasteiger partial charge in [-0.15, -0.1) is 21.5 Å². The molecule has 6 N–H and O–H groups in total. The van der Waals surface area contributed by atoms with Crippen molar-refractivity contribution in [3.63, 3.8) is 0 Å². The number of aromatic nitrogens is 6. The number of thioether (sulfide) groups is 1. The normalized spacial score (nSPS) is 13.0. The Bertz CT molecular complexity index is 1260. The summed E-state index contributed by atoms with van der Waals surface area (Å²) in [7, 11) is 0. The van der Waals surface area contributed by atoms with Gasteiger partial charge in [-0.1, -0.05) is 11.8 Å². The lowest BCUT2D eigenvalue weighted by Crippen LogP contribution is -2.23. The van der Waals surface area contributed by atoms with Crippen LogP contribution in [0.2, 0.25) is 0 Å². The zero-order chi connectivity index (χ0) is 24.2. The highest BCUT2D eigenvalue weighted by molar-refractivity contribution is 7.98. The van der Waals surface area contributed by atoms with Gasteiger partial charge >= 0.3 is 5.97 Å². The average Bonchev–Trinajstić information content (AvgIpc) is 3.44. The maximum absolute atomic E-state index is 11.9. The second kappa shape index (κ2) is 10.6. The van der Waals surface area contributed by atoms with Gasteiger partial charge in [0.1, 0.15) is 0 Å². The van der Waals surface area contributed by atoms with Gasteiger partial charge in [-0.25, -0.2) is 9.35 Å². The molecule has 0 aliphatic heterocycles. The molecule has 0 fully saturated rings. The molecule has 3 aromatic rings. The number of carboxylic acids is 1. The maximum atomic E-state index is 11.9. The van der Waals surface area contributed by atoms with Gasteiger partial charge in [-0.3, -0.25) is 20.1 Å². The molecule has 15 heteroatoms. The number of hydrogen-bond acceptors (Lipinski definition) is 10. The van der Waals surface area contributed by atoms with Crippen LogP contribution in [0.3, 0.4) is 0 Å². The molecule has 0 unspecified atom stereocenters. The molecule has 182 valence electrons. The molecule has 12 nitrogen and oxygen atoms in total. The van der Waals surface area contributed by atoms with Crippen LogP contribution >= 0.6 is 35.3 Å². The third kappa shape index (κ3) is 5.42. The molecule has 0 spiro atoms. The number of hydrogen-bond donors (Lipinski definition) is 5. The number of aryl methyl sites for hydroxylation is 1. The first kappa shape index (κ1) is 24.2. The Hall–Kier alpha value is -2.91. The average molecular weight is 524 g/mol. The van der Waals surface area contributed by atoms with Crippen LogP contribution < -0.4 is 16.6 Å². The van der Waals surface area contributed by atoms with Crippen molar-refractivity contribution >= 4 is 52.2 Å². The summed E-state index contributed by atoms with van der Waals surface area (Å²) < 4.78 is 3.18. The molecule has 0 bridgehead atoms. The predicted octanol–water partition coefficient (Wildman–Crippen LogP) is 2.05. The molecule has 3 heterocycles. The molecule has 1 amide bonds. The fourth-order valence-electron chi connectivity index (χ4n) is 3.75. The molecule has 4 rings (SSSR count). The van der Waals surface area contributed by atoms with Crippen molar-refractivity contribution in [2.75, 3.05) is 23.1 Å². The highest BCUT2D eigenvalue weighted by Gasteiger charge is 2.24. The molecule has 34 heavy (non-hydrogen) atoms. The van der Waals surface area contributed by atoms with Crippen molar-refractivity contribution in [2.24, 2.45) is 0 Å². The number of nitrogen functional groups attached to an aromatic ring is 1. The highest BCUT2D eigenvalue weighted by atomic mass is 32.2. The molecule has 0 saturated heterocycles. The van der Waals surface area contributed by atoms with E-state index in [1.807, 2.05) is 0 Å². The second-order valence-electron chi connectivity index (χ2n) is 7.77. The second-order valence-corrected chi connectivity index (χ2v) is 10.2. The van der Waals surface area contributed by atoms with E-state index >= 15 is 0 Å². The summed E-state index contributed by atoms with van der Waals surface area (Å²) in [6, 6.07) is 0. The maximum Gasteiger partial charge on any atom is 0.305 e. The lowest BCUT2D eigenvalue weighted by molar-refractivity contribution is -0.136. The fourth-order valence-corrected chi connectivity index (χ4v) is 6.07.